The monoisotopic (exact) mass is 370 g/mol. The summed E-state index contributed by atoms with van der Waals surface area (Å²) in [7, 11) is -3.06. The lowest BCUT2D eigenvalue weighted by Gasteiger charge is -2.23. The van der Waals surface area contributed by atoms with Gasteiger partial charge in [-0.15, -0.1) is 11.8 Å². The minimum Gasteiger partial charge on any atom is -0.349 e. The molecule has 1 saturated heterocycles. The number of amides is 2. The summed E-state index contributed by atoms with van der Waals surface area (Å²) >= 11 is 1.20. The molecule has 0 unspecified atom stereocenters. The quantitative estimate of drug-likeness (QED) is 0.789. The van der Waals surface area contributed by atoms with Crippen molar-refractivity contribution in [3.8, 4) is 0 Å². The van der Waals surface area contributed by atoms with E-state index in [9.17, 15) is 18.0 Å². The van der Waals surface area contributed by atoms with Gasteiger partial charge in [-0.2, -0.15) is 0 Å². The predicted octanol–water partition coefficient (Wildman–Crippen LogP) is 1.36. The van der Waals surface area contributed by atoms with Crippen LogP contribution in [-0.2, 0) is 19.4 Å². The Kier molecular flexibility index (Phi) is 5.92. The van der Waals surface area contributed by atoms with Crippen molar-refractivity contribution < 1.29 is 18.0 Å². The summed E-state index contributed by atoms with van der Waals surface area (Å²) in [6, 6.07) is 7.49. The molecule has 1 fully saturated rings. The van der Waals surface area contributed by atoms with Gasteiger partial charge in [-0.3, -0.25) is 9.59 Å². The number of rotatable bonds is 6. The molecule has 1 heterocycles. The molecule has 2 amide bonds. The Hall–Kier alpha value is -1.54. The first-order chi connectivity index (χ1) is 11.2. The molecule has 1 atom stereocenters. The van der Waals surface area contributed by atoms with E-state index in [0.29, 0.717) is 6.42 Å². The highest BCUT2D eigenvalue weighted by Gasteiger charge is 2.39. The third-order valence-electron chi connectivity index (χ3n) is 3.71. The van der Waals surface area contributed by atoms with Crippen molar-refractivity contribution in [2.24, 2.45) is 0 Å². The van der Waals surface area contributed by atoms with Crippen LogP contribution in [0, 0.1) is 6.92 Å². The fourth-order valence-corrected chi connectivity index (χ4v) is 5.35. The number of thioether (sulfide) groups is 1. The third-order valence-corrected chi connectivity index (χ3v) is 6.55. The molecule has 2 rings (SSSR count). The average molecular weight is 370 g/mol. The SMILES string of the molecule is Cc1cccc(NC(=O)CSCC(=O)N[C@]2(C)CCS(=O)(=O)C2)c1. The molecule has 0 bridgehead atoms. The Labute approximate surface area is 146 Å². The zero-order valence-electron chi connectivity index (χ0n) is 13.8. The van der Waals surface area contributed by atoms with Crippen LogP contribution in [0.2, 0.25) is 0 Å². The molecule has 0 aromatic heterocycles. The molecule has 0 spiro atoms. The zero-order valence-corrected chi connectivity index (χ0v) is 15.4. The van der Waals surface area contributed by atoms with Crippen LogP contribution < -0.4 is 10.6 Å². The first-order valence-corrected chi connectivity index (χ1v) is 10.6. The van der Waals surface area contributed by atoms with E-state index in [2.05, 4.69) is 10.6 Å². The van der Waals surface area contributed by atoms with E-state index in [4.69, 9.17) is 0 Å². The van der Waals surface area contributed by atoms with Crippen LogP contribution in [0.25, 0.3) is 0 Å². The van der Waals surface area contributed by atoms with E-state index in [1.807, 2.05) is 31.2 Å². The molecule has 0 aliphatic carbocycles. The van der Waals surface area contributed by atoms with Gasteiger partial charge in [-0.05, 0) is 38.0 Å². The molecule has 1 aliphatic heterocycles. The van der Waals surface area contributed by atoms with E-state index < -0.39 is 15.4 Å². The summed E-state index contributed by atoms with van der Waals surface area (Å²) in [5, 5.41) is 5.55. The Morgan fingerprint density at radius 3 is 2.58 bits per heavy atom. The van der Waals surface area contributed by atoms with Crippen molar-refractivity contribution >= 4 is 39.1 Å². The van der Waals surface area contributed by atoms with Gasteiger partial charge in [0.05, 0.1) is 28.6 Å². The maximum atomic E-state index is 11.9. The highest BCUT2D eigenvalue weighted by atomic mass is 32.2. The van der Waals surface area contributed by atoms with Gasteiger partial charge in [-0.1, -0.05) is 12.1 Å². The number of nitrogens with one attached hydrogen (secondary N) is 2. The Morgan fingerprint density at radius 2 is 1.96 bits per heavy atom. The van der Waals surface area contributed by atoms with Gasteiger partial charge in [-0.25, -0.2) is 8.42 Å². The van der Waals surface area contributed by atoms with Crippen molar-refractivity contribution in [1.29, 1.82) is 0 Å². The Balaban J connectivity index is 1.72. The maximum Gasteiger partial charge on any atom is 0.234 e. The predicted molar refractivity (Wildman–Crippen MR) is 97.0 cm³/mol. The fraction of sp³-hybridized carbons (Fsp3) is 0.500. The summed E-state index contributed by atoms with van der Waals surface area (Å²) in [4.78, 5) is 23.8. The number of anilines is 1. The molecule has 1 aromatic rings. The second-order valence-electron chi connectivity index (χ2n) is 6.36. The molecular weight excluding hydrogens is 348 g/mol. The zero-order chi connectivity index (χ0) is 17.8. The molecule has 1 aliphatic rings. The molecule has 1 aromatic carbocycles. The molecule has 6 nitrogen and oxygen atoms in total. The summed E-state index contributed by atoms with van der Waals surface area (Å²) in [6.45, 7) is 3.68. The number of benzene rings is 1. The number of carbonyl (C=O) groups excluding carboxylic acids is 2. The molecular formula is C16H22N2O4S2. The average Bonchev–Trinajstić information content (AvgIpc) is 2.72. The van der Waals surface area contributed by atoms with E-state index in [1.165, 1.54) is 11.8 Å². The standard InChI is InChI=1S/C16H22N2O4S2/c1-12-4-3-5-13(8-12)17-14(19)9-23-10-15(20)18-16(2)6-7-24(21,22)11-16/h3-5,8H,6-7,9-11H2,1-2H3,(H,17,19)(H,18,20)/t16-/m1/s1. The van der Waals surface area contributed by atoms with Gasteiger partial charge in [0.25, 0.3) is 0 Å². The molecule has 24 heavy (non-hydrogen) atoms. The minimum atomic E-state index is -3.06. The fourth-order valence-electron chi connectivity index (χ4n) is 2.64. The van der Waals surface area contributed by atoms with Crippen LogP contribution in [-0.4, -0.2) is 48.8 Å². The lowest BCUT2D eigenvalue weighted by Crippen LogP contribution is -2.47. The maximum absolute atomic E-state index is 11.9. The van der Waals surface area contributed by atoms with E-state index in [0.717, 1.165) is 11.3 Å². The first-order valence-electron chi connectivity index (χ1n) is 7.63. The smallest absolute Gasteiger partial charge is 0.234 e. The first kappa shape index (κ1) is 18.8. The van der Waals surface area contributed by atoms with Crippen LogP contribution in [0.15, 0.2) is 24.3 Å². The minimum absolute atomic E-state index is 0.0236. The van der Waals surface area contributed by atoms with Gasteiger partial charge in [0.15, 0.2) is 9.84 Å². The van der Waals surface area contributed by atoms with Crippen molar-refractivity contribution in [3.05, 3.63) is 29.8 Å². The largest absolute Gasteiger partial charge is 0.349 e. The van der Waals surface area contributed by atoms with Crippen LogP contribution in [0.4, 0.5) is 5.69 Å². The topological polar surface area (TPSA) is 92.3 Å². The number of hydrogen-bond acceptors (Lipinski definition) is 5. The lowest BCUT2D eigenvalue weighted by atomic mass is 10.0. The molecule has 132 valence electrons. The van der Waals surface area contributed by atoms with Gasteiger partial charge in [0.2, 0.25) is 11.8 Å². The number of aryl methyl sites for hydroxylation is 1. The molecule has 8 heteroatoms. The number of carbonyl (C=O) groups is 2. The lowest BCUT2D eigenvalue weighted by molar-refractivity contribution is -0.120. The summed E-state index contributed by atoms with van der Waals surface area (Å²) in [5.41, 5.74) is 1.09. The number of sulfone groups is 1. The van der Waals surface area contributed by atoms with E-state index >= 15 is 0 Å². The van der Waals surface area contributed by atoms with Crippen molar-refractivity contribution in [2.75, 3.05) is 28.3 Å². The summed E-state index contributed by atoms with van der Waals surface area (Å²) in [5.74, 6) is -0.0520. The van der Waals surface area contributed by atoms with Gasteiger partial charge < -0.3 is 10.6 Å². The van der Waals surface area contributed by atoms with Gasteiger partial charge >= 0.3 is 0 Å². The summed E-state index contributed by atoms with van der Waals surface area (Å²) < 4.78 is 23.0. The van der Waals surface area contributed by atoms with Crippen molar-refractivity contribution in [1.82, 2.24) is 5.32 Å². The van der Waals surface area contributed by atoms with Crippen LogP contribution >= 0.6 is 11.8 Å². The highest BCUT2D eigenvalue weighted by Crippen LogP contribution is 2.22. The van der Waals surface area contributed by atoms with Crippen LogP contribution in [0.1, 0.15) is 18.9 Å². The Morgan fingerprint density at radius 1 is 1.25 bits per heavy atom. The van der Waals surface area contributed by atoms with Crippen LogP contribution in [0.5, 0.6) is 0 Å². The van der Waals surface area contributed by atoms with Crippen molar-refractivity contribution in [3.63, 3.8) is 0 Å². The second-order valence-corrected chi connectivity index (χ2v) is 9.53. The molecule has 0 radical (unpaired) electrons. The van der Waals surface area contributed by atoms with Gasteiger partial charge in [0.1, 0.15) is 0 Å². The Bertz CT molecular complexity index is 733. The van der Waals surface area contributed by atoms with Gasteiger partial charge in [0, 0.05) is 5.69 Å². The number of hydrogen-bond donors (Lipinski definition) is 2. The molecule has 0 saturated carbocycles. The highest BCUT2D eigenvalue weighted by molar-refractivity contribution is 8.00. The third kappa shape index (κ3) is 5.83. The normalized spacial score (nSPS) is 22.1. The van der Waals surface area contributed by atoms with Crippen LogP contribution in [0.3, 0.4) is 0 Å². The van der Waals surface area contributed by atoms with E-state index in [-0.39, 0.29) is 34.8 Å². The van der Waals surface area contributed by atoms with Crippen molar-refractivity contribution in [2.45, 2.75) is 25.8 Å². The molecule has 2 N–H and O–H groups in total. The second kappa shape index (κ2) is 7.57. The van der Waals surface area contributed by atoms with E-state index in [1.54, 1.807) is 6.92 Å². The summed E-state index contributed by atoms with van der Waals surface area (Å²) in [6.07, 6.45) is 0.430.